The van der Waals surface area contributed by atoms with Crippen LogP contribution in [0, 0.1) is 5.92 Å². The number of carboxylic acid groups (broad SMARTS) is 1. The quantitative estimate of drug-likeness (QED) is 0.761. The van der Waals surface area contributed by atoms with Gasteiger partial charge in [-0.15, -0.1) is 0 Å². The van der Waals surface area contributed by atoms with Crippen molar-refractivity contribution in [2.24, 2.45) is 5.92 Å². The first-order chi connectivity index (χ1) is 9.67. The largest absolute Gasteiger partial charge is 0.481 e. The Bertz CT molecular complexity index is 395. The molecule has 0 unspecified atom stereocenters. The highest BCUT2D eigenvalue weighted by atomic mass is 16.6. The number of nitrogens with zero attached hydrogens (tertiary/aromatic N) is 1. The number of carbonyl (C=O) groups excluding carboxylic acids is 2. The van der Waals surface area contributed by atoms with Crippen molar-refractivity contribution in [3.63, 3.8) is 0 Å². The van der Waals surface area contributed by atoms with Gasteiger partial charge in [-0.25, -0.2) is 4.79 Å². The topological polar surface area (TPSA) is 95.9 Å². The van der Waals surface area contributed by atoms with Crippen LogP contribution in [0.2, 0.25) is 0 Å². The Hall–Kier alpha value is -1.79. The first-order valence-electron chi connectivity index (χ1n) is 7.14. The number of carboxylic acids is 1. The number of ether oxygens (including phenoxy) is 1. The van der Waals surface area contributed by atoms with Crippen molar-refractivity contribution in [2.45, 2.75) is 45.6 Å². The van der Waals surface area contributed by atoms with Gasteiger partial charge in [-0.05, 0) is 39.5 Å². The standard InChI is InChI=1S/C14H24N2O5/c1-14(2,3)21-13(20)15-9-10-4-6-16(7-5-10)11(17)8-12(18)19/h10H,4-9H2,1-3H3,(H,15,20)(H,18,19). The van der Waals surface area contributed by atoms with Gasteiger partial charge in [0.2, 0.25) is 5.91 Å². The molecule has 0 saturated carbocycles. The predicted molar refractivity (Wildman–Crippen MR) is 75.8 cm³/mol. The summed E-state index contributed by atoms with van der Waals surface area (Å²) in [5.74, 6) is -1.17. The fourth-order valence-corrected chi connectivity index (χ4v) is 2.17. The van der Waals surface area contributed by atoms with Crippen molar-refractivity contribution in [3.8, 4) is 0 Å². The van der Waals surface area contributed by atoms with Gasteiger partial charge < -0.3 is 20.1 Å². The van der Waals surface area contributed by atoms with Crippen LogP contribution in [0.25, 0.3) is 0 Å². The van der Waals surface area contributed by atoms with E-state index in [0.29, 0.717) is 19.6 Å². The van der Waals surface area contributed by atoms with E-state index in [4.69, 9.17) is 9.84 Å². The summed E-state index contributed by atoms with van der Waals surface area (Å²) in [6.07, 6.45) is 0.607. The van der Waals surface area contributed by atoms with E-state index in [0.717, 1.165) is 12.8 Å². The van der Waals surface area contributed by atoms with Gasteiger partial charge in [0.05, 0.1) is 0 Å². The molecule has 2 N–H and O–H groups in total. The van der Waals surface area contributed by atoms with E-state index in [2.05, 4.69) is 5.32 Å². The second-order valence-corrected chi connectivity index (χ2v) is 6.28. The Morgan fingerprint density at radius 1 is 1.24 bits per heavy atom. The van der Waals surface area contributed by atoms with Crippen molar-refractivity contribution in [2.75, 3.05) is 19.6 Å². The van der Waals surface area contributed by atoms with Crippen LogP contribution in [0.5, 0.6) is 0 Å². The van der Waals surface area contributed by atoms with Gasteiger partial charge in [-0.1, -0.05) is 0 Å². The molecule has 1 aliphatic rings. The van der Waals surface area contributed by atoms with Gasteiger partial charge in [0.1, 0.15) is 12.0 Å². The van der Waals surface area contributed by atoms with E-state index >= 15 is 0 Å². The minimum atomic E-state index is -1.10. The lowest BCUT2D eigenvalue weighted by atomic mass is 9.96. The third-order valence-corrected chi connectivity index (χ3v) is 3.20. The lowest BCUT2D eigenvalue weighted by Gasteiger charge is -2.32. The van der Waals surface area contributed by atoms with E-state index in [9.17, 15) is 14.4 Å². The molecule has 7 heteroatoms. The molecule has 120 valence electrons. The number of rotatable bonds is 4. The number of carbonyl (C=O) groups is 3. The lowest BCUT2D eigenvalue weighted by Crippen LogP contribution is -2.42. The molecule has 0 aromatic carbocycles. The maximum atomic E-state index is 11.6. The van der Waals surface area contributed by atoms with Crippen LogP contribution in [0.1, 0.15) is 40.0 Å². The van der Waals surface area contributed by atoms with Crippen LogP contribution in [0.4, 0.5) is 4.79 Å². The summed E-state index contributed by atoms with van der Waals surface area (Å²) in [6, 6.07) is 0. The molecule has 0 aromatic heterocycles. The second kappa shape index (κ2) is 7.28. The highest BCUT2D eigenvalue weighted by molar-refractivity contribution is 5.93. The van der Waals surface area contributed by atoms with Crippen molar-refractivity contribution in [3.05, 3.63) is 0 Å². The summed E-state index contributed by atoms with van der Waals surface area (Å²) in [5.41, 5.74) is -0.517. The van der Waals surface area contributed by atoms with E-state index in [-0.39, 0.29) is 11.8 Å². The van der Waals surface area contributed by atoms with Crippen LogP contribution < -0.4 is 5.32 Å². The number of aliphatic carboxylic acids is 1. The summed E-state index contributed by atoms with van der Waals surface area (Å²) >= 11 is 0. The minimum Gasteiger partial charge on any atom is -0.481 e. The van der Waals surface area contributed by atoms with E-state index in [1.807, 2.05) is 0 Å². The zero-order valence-electron chi connectivity index (χ0n) is 12.8. The molecule has 0 bridgehead atoms. The van der Waals surface area contributed by atoms with Crippen LogP contribution in [0.15, 0.2) is 0 Å². The second-order valence-electron chi connectivity index (χ2n) is 6.28. The molecule has 1 heterocycles. The van der Waals surface area contributed by atoms with Gasteiger partial charge in [0, 0.05) is 19.6 Å². The fraction of sp³-hybridized carbons (Fsp3) is 0.786. The third-order valence-electron chi connectivity index (χ3n) is 3.20. The SMILES string of the molecule is CC(C)(C)OC(=O)NCC1CCN(C(=O)CC(=O)O)CC1. The maximum absolute atomic E-state index is 11.6. The fourth-order valence-electron chi connectivity index (χ4n) is 2.17. The molecule has 1 aliphatic heterocycles. The molecule has 0 aromatic rings. The highest BCUT2D eigenvalue weighted by Crippen LogP contribution is 2.17. The number of alkyl carbamates (subject to hydrolysis) is 1. The molecular weight excluding hydrogens is 276 g/mol. The molecule has 0 aliphatic carbocycles. The number of piperidine rings is 1. The molecule has 2 amide bonds. The molecule has 1 saturated heterocycles. The van der Waals surface area contributed by atoms with Crippen molar-refractivity contribution < 1.29 is 24.2 Å². The first kappa shape index (κ1) is 17.3. The highest BCUT2D eigenvalue weighted by Gasteiger charge is 2.24. The Kier molecular flexibility index (Phi) is 5.99. The van der Waals surface area contributed by atoms with Gasteiger partial charge in [-0.2, -0.15) is 0 Å². The van der Waals surface area contributed by atoms with E-state index in [1.165, 1.54) is 0 Å². The number of likely N-dealkylation sites (tertiary alicyclic amines) is 1. The molecule has 0 spiro atoms. The smallest absolute Gasteiger partial charge is 0.407 e. The predicted octanol–water partition coefficient (Wildman–Crippen LogP) is 1.22. The van der Waals surface area contributed by atoms with Crippen molar-refractivity contribution in [1.29, 1.82) is 0 Å². The Morgan fingerprint density at radius 2 is 1.81 bits per heavy atom. The molecule has 1 rings (SSSR count). The zero-order chi connectivity index (χ0) is 16.0. The van der Waals surface area contributed by atoms with E-state index in [1.54, 1.807) is 25.7 Å². The van der Waals surface area contributed by atoms with Gasteiger partial charge in [0.25, 0.3) is 0 Å². The van der Waals surface area contributed by atoms with Crippen molar-refractivity contribution >= 4 is 18.0 Å². The number of hydrogen-bond donors (Lipinski definition) is 2. The third kappa shape index (κ3) is 6.97. The summed E-state index contributed by atoms with van der Waals surface area (Å²) in [4.78, 5) is 35.2. The summed E-state index contributed by atoms with van der Waals surface area (Å²) < 4.78 is 5.15. The Morgan fingerprint density at radius 3 is 2.29 bits per heavy atom. The molecule has 1 fully saturated rings. The minimum absolute atomic E-state index is 0.284. The van der Waals surface area contributed by atoms with Gasteiger partial charge in [-0.3, -0.25) is 9.59 Å². The van der Waals surface area contributed by atoms with E-state index < -0.39 is 24.1 Å². The molecule has 7 nitrogen and oxygen atoms in total. The average molecular weight is 300 g/mol. The lowest BCUT2D eigenvalue weighted by molar-refractivity contribution is -0.144. The Balaban J connectivity index is 2.26. The number of hydrogen-bond acceptors (Lipinski definition) is 4. The average Bonchev–Trinajstić information content (AvgIpc) is 2.34. The van der Waals surface area contributed by atoms with Crippen LogP contribution in [0.3, 0.4) is 0 Å². The van der Waals surface area contributed by atoms with Crippen LogP contribution in [-0.4, -0.2) is 53.2 Å². The van der Waals surface area contributed by atoms with Crippen LogP contribution >= 0.6 is 0 Å². The normalized spacial score (nSPS) is 16.4. The monoisotopic (exact) mass is 300 g/mol. The zero-order valence-corrected chi connectivity index (χ0v) is 12.8. The number of amides is 2. The van der Waals surface area contributed by atoms with Crippen molar-refractivity contribution in [1.82, 2.24) is 10.2 Å². The molecule has 0 atom stereocenters. The van der Waals surface area contributed by atoms with Crippen LogP contribution in [-0.2, 0) is 14.3 Å². The van der Waals surface area contributed by atoms with Gasteiger partial charge in [0.15, 0.2) is 0 Å². The summed E-state index contributed by atoms with van der Waals surface area (Å²) in [7, 11) is 0. The first-order valence-corrected chi connectivity index (χ1v) is 7.14. The summed E-state index contributed by atoms with van der Waals surface area (Å²) in [6.45, 7) is 6.99. The maximum Gasteiger partial charge on any atom is 0.407 e. The molecular formula is C14H24N2O5. The summed E-state index contributed by atoms with van der Waals surface area (Å²) in [5, 5.41) is 11.3. The number of nitrogens with one attached hydrogen (secondary N) is 1. The molecule has 0 radical (unpaired) electrons. The van der Waals surface area contributed by atoms with Gasteiger partial charge >= 0.3 is 12.1 Å². The Labute approximate surface area is 124 Å². The molecule has 21 heavy (non-hydrogen) atoms.